The summed E-state index contributed by atoms with van der Waals surface area (Å²) in [5.41, 5.74) is 5.25. The van der Waals surface area contributed by atoms with Crippen molar-refractivity contribution >= 4 is 17.7 Å². The molecule has 0 bridgehead atoms. The van der Waals surface area contributed by atoms with Gasteiger partial charge in [0.25, 0.3) is 0 Å². The van der Waals surface area contributed by atoms with Crippen molar-refractivity contribution in [1.29, 1.82) is 0 Å². The molecule has 1 aromatic rings. The summed E-state index contributed by atoms with van der Waals surface area (Å²) < 4.78 is 5.35. The highest BCUT2D eigenvalue weighted by atomic mass is 16.5. The first kappa shape index (κ1) is 23.2. The van der Waals surface area contributed by atoms with Crippen molar-refractivity contribution in [1.82, 2.24) is 15.5 Å². The number of carbonyl (C=O) groups excluding carboxylic acids is 3. The predicted octanol–water partition coefficient (Wildman–Crippen LogP) is 0.771. The number of hydrogen-bond donors (Lipinski definition) is 3. The molecule has 1 aliphatic heterocycles. The molecule has 1 saturated carbocycles. The molecule has 3 rings (SSSR count). The summed E-state index contributed by atoms with van der Waals surface area (Å²) in [5.74, 6) is -1.60. The van der Waals surface area contributed by atoms with Crippen molar-refractivity contribution in [2.24, 2.45) is 11.1 Å². The fourth-order valence-electron chi connectivity index (χ4n) is 4.44. The fraction of sp³-hybridized carbons (Fsp3) is 0.609. The molecule has 0 spiro atoms. The highest BCUT2D eigenvalue weighted by molar-refractivity contribution is 6.04. The molecular formula is C23H34N4O4. The molecule has 2 fully saturated rings. The smallest absolute Gasteiger partial charge is 0.235 e. The maximum atomic E-state index is 13.0. The number of nitrogens with two attached hydrogens (primary N) is 1. The molecule has 4 N–H and O–H groups in total. The predicted molar refractivity (Wildman–Crippen MR) is 117 cm³/mol. The number of nitrogens with one attached hydrogen (secondary N) is 2. The maximum absolute atomic E-state index is 13.0. The Morgan fingerprint density at radius 1 is 1.06 bits per heavy atom. The Kier molecular flexibility index (Phi) is 8.43. The minimum atomic E-state index is -1.14. The van der Waals surface area contributed by atoms with Crippen LogP contribution in [0.25, 0.3) is 0 Å². The zero-order valence-electron chi connectivity index (χ0n) is 18.1. The van der Waals surface area contributed by atoms with Crippen LogP contribution in [0.15, 0.2) is 30.3 Å². The standard InChI is InChI=1S/C23H34N4O4/c24-21(29)23(9-4-5-10-23)22(30)26-17-19(18-7-2-1-3-8-18)20(28)25-11-6-12-27-13-15-31-16-14-27/h1-3,7-8,19H,4-6,9-17H2,(H2,24,29)(H,25,28)(H,26,30)/t19-/m1/s1. The van der Waals surface area contributed by atoms with E-state index in [1.165, 1.54) is 0 Å². The maximum Gasteiger partial charge on any atom is 0.235 e. The van der Waals surface area contributed by atoms with Crippen molar-refractivity contribution in [2.45, 2.75) is 38.0 Å². The van der Waals surface area contributed by atoms with Crippen LogP contribution in [-0.2, 0) is 19.1 Å². The van der Waals surface area contributed by atoms with Crippen LogP contribution in [0.4, 0.5) is 0 Å². The van der Waals surface area contributed by atoms with Crippen LogP contribution >= 0.6 is 0 Å². The number of amides is 3. The third-order valence-electron chi connectivity index (χ3n) is 6.40. The van der Waals surface area contributed by atoms with E-state index in [1.807, 2.05) is 30.3 Å². The Hall–Kier alpha value is -2.45. The SMILES string of the molecule is NC(=O)C1(C(=O)NC[C@@H](C(=O)NCCCN2CCOCC2)c2ccccc2)CCCC1. The zero-order valence-corrected chi connectivity index (χ0v) is 18.1. The second-order valence-electron chi connectivity index (χ2n) is 8.43. The lowest BCUT2D eigenvalue weighted by molar-refractivity contribution is -0.141. The Morgan fingerprint density at radius 3 is 2.39 bits per heavy atom. The van der Waals surface area contributed by atoms with E-state index >= 15 is 0 Å². The molecular weight excluding hydrogens is 396 g/mol. The van der Waals surface area contributed by atoms with Crippen molar-refractivity contribution in [2.75, 3.05) is 45.9 Å². The Balaban J connectivity index is 1.56. The number of ether oxygens (including phenoxy) is 1. The molecule has 1 aliphatic carbocycles. The quantitative estimate of drug-likeness (QED) is 0.375. The van der Waals surface area contributed by atoms with E-state index in [9.17, 15) is 14.4 Å². The van der Waals surface area contributed by atoms with Gasteiger partial charge in [0.05, 0.1) is 19.1 Å². The van der Waals surface area contributed by atoms with Gasteiger partial charge in [0, 0.05) is 26.2 Å². The minimum absolute atomic E-state index is 0.131. The molecule has 31 heavy (non-hydrogen) atoms. The van der Waals surface area contributed by atoms with E-state index in [-0.39, 0.29) is 18.4 Å². The molecule has 1 heterocycles. The molecule has 0 radical (unpaired) electrons. The molecule has 3 amide bonds. The van der Waals surface area contributed by atoms with E-state index < -0.39 is 17.2 Å². The number of benzene rings is 1. The molecule has 8 heteroatoms. The normalized spacial score (nSPS) is 19.5. The Labute approximate surface area is 183 Å². The van der Waals surface area contributed by atoms with Gasteiger partial charge in [-0.1, -0.05) is 43.2 Å². The highest BCUT2D eigenvalue weighted by Gasteiger charge is 2.46. The Morgan fingerprint density at radius 2 is 1.74 bits per heavy atom. The average molecular weight is 431 g/mol. The molecule has 2 aliphatic rings. The highest BCUT2D eigenvalue weighted by Crippen LogP contribution is 2.38. The van der Waals surface area contributed by atoms with Gasteiger partial charge in [0.1, 0.15) is 5.41 Å². The first-order valence-corrected chi connectivity index (χ1v) is 11.2. The van der Waals surface area contributed by atoms with E-state index in [0.717, 1.165) is 57.7 Å². The summed E-state index contributed by atoms with van der Waals surface area (Å²) >= 11 is 0. The summed E-state index contributed by atoms with van der Waals surface area (Å²) in [6.07, 6.45) is 3.41. The minimum Gasteiger partial charge on any atom is -0.379 e. The number of primary amides is 1. The monoisotopic (exact) mass is 430 g/mol. The average Bonchev–Trinajstić information content (AvgIpc) is 3.30. The summed E-state index contributed by atoms with van der Waals surface area (Å²) in [7, 11) is 0. The number of nitrogens with zero attached hydrogens (tertiary/aromatic N) is 1. The van der Waals surface area contributed by atoms with Crippen molar-refractivity contribution in [3.63, 3.8) is 0 Å². The molecule has 0 aromatic heterocycles. The third-order valence-corrected chi connectivity index (χ3v) is 6.40. The van der Waals surface area contributed by atoms with E-state index in [4.69, 9.17) is 10.5 Å². The van der Waals surface area contributed by atoms with Crippen LogP contribution in [-0.4, -0.2) is 68.6 Å². The fourth-order valence-corrected chi connectivity index (χ4v) is 4.44. The van der Waals surface area contributed by atoms with Gasteiger partial charge in [0.2, 0.25) is 17.7 Å². The number of morpholine rings is 1. The molecule has 1 saturated heterocycles. The van der Waals surface area contributed by atoms with Crippen LogP contribution < -0.4 is 16.4 Å². The third kappa shape index (κ3) is 6.04. The van der Waals surface area contributed by atoms with Crippen LogP contribution in [0.1, 0.15) is 43.6 Å². The topological polar surface area (TPSA) is 114 Å². The summed E-state index contributed by atoms with van der Waals surface area (Å²) in [4.78, 5) is 40.1. The van der Waals surface area contributed by atoms with Crippen LogP contribution in [0, 0.1) is 5.41 Å². The van der Waals surface area contributed by atoms with Gasteiger partial charge in [-0.15, -0.1) is 0 Å². The number of carbonyl (C=O) groups is 3. The molecule has 170 valence electrons. The van der Waals surface area contributed by atoms with E-state index in [0.29, 0.717) is 19.4 Å². The molecule has 1 atom stereocenters. The van der Waals surface area contributed by atoms with Gasteiger partial charge in [-0.3, -0.25) is 19.3 Å². The first-order valence-electron chi connectivity index (χ1n) is 11.2. The van der Waals surface area contributed by atoms with Gasteiger partial charge >= 0.3 is 0 Å². The zero-order chi connectivity index (χ0) is 22.1. The second-order valence-corrected chi connectivity index (χ2v) is 8.43. The van der Waals surface area contributed by atoms with Crippen LogP contribution in [0.2, 0.25) is 0 Å². The van der Waals surface area contributed by atoms with Gasteiger partial charge in [-0.25, -0.2) is 0 Å². The van der Waals surface area contributed by atoms with E-state index in [2.05, 4.69) is 15.5 Å². The summed E-state index contributed by atoms with van der Waals surface area (Å²) in [5, 5.41) is 5.85. The largest absolute Gasteiger partial charge is 0.379 e. The number of rotatable bonds is 10. The second kappa shape index (κ2) is 11.2. The molecule has 0 unspecified atom stereocenters. The first-order chi connectivity index (χ1) is 15.0. The Bertz CT molecular complexity index is 743. The van der Waals surface area contributed by atoms with Gasteiger partial charge in [0.15, 0.2) is 0 Å². The van der Waals surface area contributed by atoms with Crippen molar-refractivity contribution in [3.05, 3.63) is 35.9 Å². The van der Waals surface area contributed by atoms with Crippen LogP contribution in [0.5, 0.6) is 0 Å². The lowest BCUT2D eigenvalue weighted by Gasteiger charge is -2.27. The summed E-state index contributed by atoms with van der Waals surface area (Å²) in [6.45, 7) is 4.98. The van der Waals surface area contributed by atoms with Gasteiger partial charge < -0.3 is 21.1 Å². The van der Waals surface area contributed by atoms with Crippen molar-refractivity contribution < 1.29 is 19.1 Å². The molecule has 8 nitrogen and oxygen atoms in total. The molecule has 1 aromatic carbocycles. The van der Waals surface area contributed by atoms with E-state index in [1.54, 1.807) is 0 Å². The lowest BCUT2D eigenvalue weighted by atomic mass is 9.84. The summed E-state index contributed by atoms with van der Waals surface area (Å²) in [6, 6.07) is 9.39. The van der Waals surface area contributed by atoms with Crippen LogP contribution in [0.3, 0.4) is 0 Å². The lowest BCUT2D eigenvalue weighted by Crippen LogP contribution is -2.49. The van der Waals surface area contributed by atoms with Gasteiger partial charge in [-0.05, 0) is 31.4 Å². The van der Waals surface area contributed by atoms with Crippen molar-refractivity contribution in [3.8, 4) is 0 Å². The number of hydrogen-bond acceptors (Lipinski definition) is 5. The van der Waals surface area contributed by atoms with Gasteiger partial charge in [-0.2, -0.15) is 0 Å².